The third kappa shape index (κ3) is 22.9. The Morgan fingerprint density at radius 1 is 0.478 bits per heavy atom. The smallest absolute Gasteiger partial charge is 0.457 e. The van der Waals surface area contributed by atoms with Crippen molar-refractivity contribution < 1.29 is 68.1 Å². The molecule has 0 aromatic carbocycles. The van der Waals surface area contributed by atoms with Crippen LogP contribution in [0.3, 0.4) is 0 Å². The zero-order valence-electron chi connectivity index (χ0n) is 60.5. The lowest BCUT2D eigenvalue weighted by Gasteiger charge is -2.35. The second kappa shape index (κ2) is 32.1. The number of rotatable bonds is 23. The Morgan fingerprint density at radius 2 is 0.744 bits per heavy atom. The van der Waals surface area contributed by atoms with Gasteiger partial charge in [0.15, 0.2) is 0 Å². The molecule has 0 spiro atoms. The fourth-order valence-corrected chi connectivity index (χ4v) is 15.0. The van der Waals surface area contributed by atoms with Crippen LogP contribution in [-0.4, -0.2) is 204 Å². The zero-order valence-corrected chi connectivity index (χ0v) is 60.5. The van der Waals surface area contributed by atoms with Crippen molar-refractivity contribution in [3.05, 3.63) is 0 Å². The minimum absolute atomic E-state index is 0.0918. The molecule has 12 unspecified atom stereocenters. The SMILES string of the molecule is CCC1CC(CCB2OC(C)(C)C(C)(C)O2)CC1(C)C(=O)NC(C)(C)C.CN(C)CC1CC(CCB(O)O)CC1(N)C(=O)O.CN(C)CC1CC(CCB(O)O)CC1(N)C(=O)O.CN(C)CC1CC(CCB2OC(C)(C)C(C)(C)O2)CC1(C)C(=O)NC(C)(C)C. The summed E-state index contributed by atoms with van der Waals surface area (Å²) in [7, 11) is 8.85. The third-order valence-electron chi connectivity index (χ3n) is 21.4. The number of carbonyl (C=O) groups excluding carboxylic acids is 2. The maximum atomic E-state index is 13.2. The highest BCUT2D eigenvalue weighted by molar-refractivity contribution is 6.45. The number of hydrogen-bond acceptors (Lipinski definition) is 17. The molecule has 4 saturated carbocycles. The number of carboxylic acids is 2. The molecular weight excluding hydrogens is 1150 g/mol. The van der Waals surface area contributed by atoms with Crippen molar-refractivity contribution in [2.45, 2.75) is 271 Å². The molecule has 0 aromatic heterocycles. The van der Waals surface area contributed by atoms with Gasteiger partial charge in [-0.25, -0.2) is 0 Å². The highest BCUT2D eigenvalue weighted by Gasteiger charge is 2.56. The van der Waals surface area contributed by atoms with E-state index < -0.39 is 37.3 Å². The van der Waals surface area contributed by atoms with Gasteiger partial charge in [-0.15, -0.1) is 0 Å². The summed E-state index contributed by atoms with van der Waals surface area (Å²) in [5, 5.41) is 60.5. The average molecular weight is 1280 g/mol. The van der Waals surface area contributed by atoms with Gasteiger partial charge in [-0.2, -0.15) is 0 Å². The summed E-state index contributed by atoms with van der Waals surface area (Å²) in [6.45, 7) is 37.9. The van der Waals surface area contributed by atoms with Gasteiger partial charge in [0.1, 0.15) is 11.1 Å². The summed E-state index contributed by atoms with van der Waals surface area (Å²) in [6, 6.07) is 0. The first-order chi connectivity index (χ1) is 40.8. The van der Waals surface area contributed by atoms with Crippen molar-refractivity contribution >= 4 is 52.2 Å². The lowest BCUT2D eigenvalue weighted by molar-refractivity contribution is -0.146. The minimum atomic E-state index is -1.32. The van der Waals surface area contributed by atoms with E-state index in [1.54, 1.807) is 0 Å². The number of nitrogens with zero attached hydrogens (tertiary/aromatic N) is 3. The minimum Gasteiger partial charge on any atom is -0.480 e. The van der Waals surface area contributed by atoms with Gasteiger partial charge in [0.2, 0.25) is 11.8 Å². The van der Waals surface area contributed by atoms with Crippen LogP contribution in [0, 0.1) is 58.2 Å². The standard InChI is InChI=1S/C22H43BN2O3.C21H40BNO3.2C11H23BN2O4/c1-19(2,3)24-18(26)22(8)14-16(13-17(22)15-25(9)10)11-12-23-27-20(4,5)21(6,7)28-23;1-10-16-13-15(14-21(16,9)17(24)23-18(2,3)4)11-12-22-25-19(5,6)20(7,8)26-22;2*1-14(2)7-9-5-8(3-4-12(17)18)6-11(9,13)10(15)16/h16-17H,11-15H2,1-10H3,(H,24,26);15-16H,10-14H2,1-9H3,(H,23,24);2*8-9,17-18H,3-7,13H2,1-2H3,(H,15,16). The zero-order chi connectivity index (χ0) is 69.4. The molecule has 520 valence electrons. The summed E-state index contributed by atoms with van der Waals surface area (Å²) >= 11 is 0. The van der Waals surface area contributed by atoms with Crippen LogP contribution in [0.15, 0.2) is 0 Å². The van der Waals surface area contributed by atoms with Gasteiger partial charge in [0.05, 0.1) is 27.8 Å². The molecule has 6 rings (SSSR count). The first-order valence-corrected chi connectivity index (χ1v) is 33.8. The Morgan fingerprint density at radius 3 is 1.01 bits per heavy atom. The normalized spacial score (nSPS) is 32.4. The molecule has 2 heterocycles. The van der Waals surface area contributed by atoms with Gasteiger partial charge in [0, 0.05) is 48.0 Å². The lowest BCUT2D eigenvalue weighted by atomic mass is 9.76. The number of aliphatic carboxylic acids is 2. The van der Waals surface area contributed by atoms with E-state index in [1.807, 2.05) is 38.0 Å². The second-order valence-corrected chi connectivity index (χ2v) is 33.8. The van der Waals surface area contributed by atoms with Gasteiger partial charge in [-0.3, -0.25) is 19.2 Å². The maximum Gasteiger partial charge on any atom is 0.457 e. The Bertz CT molecular complexity index is 2220. The van der Waals surface area contributed by atoms with Crippen LogP contribution in [0.4, 0.5) is 0 Å². The molecule has 25 heteroatoms. The largest absolute Gasteiger partial charge is 0.480 e. The first kappa shape index (κ1) is 81.9. The Hall–Kier alpha value is -2.38. The quantitative estimate of drug-likeness (QED) is 0.0451. The number of nitrogens with two attached hydrogens (primary N) is 2. The lowest BCUT2D eigenvalue weighted by Crippen LogP contribution is -2.53. The van der Waals surface area contributed by atoms with E-state index in [2.05, 4.69) is 147 Å². The highest BCUT2D eigenvalue weighted by Crippen LogP contribution is 2.52. The molecule has 2 aliphatic heterocycles. The van der Waals surface area contributed by atoms with Crippen LogP contribution in [0.2, 0.25) is 25.3 Å². The molecule has 0 bridgehead atoms. The van der Waals surface area contributed by atoms with Gasteiger partial charge < -0.3 is 85.7 Å². The topological polar surface area (TPSA) is 312 Å². The predicted molar refractivity (Wildman–Crippen MR) is 362 cm³/mol. The number of hydrogen-bond donors (Lipinski definition) is 10. The number of carbonyl (C=O) groups is 4. The van der Waals surface area contributed by atoms with Gasteiger partial charge in [-0.1, -0.05) is 52.9 Å². The van der Waals surface area contributed by atoms with E-state index in [9.17, 15) is 29.4 Å². The molecule has 6 fully saturated rings. The molecule has 6 aliphatic rings. The van der Waals surface area contributed by atoms with E-state index in [1.165, 1.54) is 0 Å². The molecule has 21 nitrogen and oxygen atoms in total. The van der Waals surface area contributed by atoms with Crippen LogP contribution < -0.4 is 22.1 Å². The van der Waals surface area contributed by atoms with Crippen molar-refractivity contribution in [2.75, 3.05) is 61.9 Å². The van der Waals surface area contributed by atoms with E-state index in [0.29, 0.717) is 62.4 Å². The average Bonchev–Trinajstić information content (AvgIpc) is 1.86. The number of nitrogens with one attached hydrogen (secondary N) is 2. The third-order valence-corrected chi connectivity index (χ3v) is 21.4. The van der Waals surface area contributed by atoms with Gasteiger partial charge >= 0.3 is 40.4 Å². The van der Waals surface area contributed by atoms with Crippen LogP contribution in [0.5, 0.6) is 0 Å². The van der Waals surface area contributed by atoms with E-state index in [0.717, 1.165) is 77.0 Å². The van der Waals surface area contributed by atoms with Crippen molar-refractivity contribution in [3.63, 3.8) is 0 Å². The molecule has 4 aliphatic carbocycles. The molecular formula is C65H129B4N7O14. The second-order valence-electron chi connectivity index (χ2n) is 33.8. The van der Waals surface area contributed by atoms with Crippen molar-refractivity contribution in [2.24, 2.45) is 69.6 Å². The van der Waals surface area contributed by atoms with Crippen molar-refractivity contribution in [1.29, 1.82) is 0 Å². The highest BCUT2D eigenvalue weighted by atomic mass is 16.7. The summed E-state index contributed by atoms with van der Waals surface area (Å²) in [5.74, 6) is 0.533. The molecule has 12 atom stereocenters. The predicted octanol–water partition coefficient (Wildman–Crippen LogP) is 7.24. The van der Waals surface area contributed by atoms with Gasteiger partial charge in [0.25, 0.3) is 0 Å². The monoisotopic (exact) mass is 1280 g/mol. The van der Waals surface area contributed by atoms with E-state index in [4.69, 9.17) is 50.2 Å². The number of carboxylic acid groups (broad SMARTS) is 2. The van der Waals surface area contributed by atoms with Gasteiger partial charge in [-0.05, 0) is 251 Å². The summed E-state index contributed by atoms with van der Waals surface area (Å²) in [5.41, 5.74) is 7.66. The van der Waals surface area contributed by atoms with Crippen LogP contribution in [-0.2, 0) is 37.8 Å². The van der Waals surface area contributed by atoms with Crippen LogP contribution >= 0.6 is 0 Å². The Balaban J connectivity index is 0.000000320. The van der Waals surface area contributed by atoms with E-state index in [-0.39, 0.29) is 107 Å². The first-order valence-electron chi connectivity index (χ1n) is 33.8. The molecule has 90 heavy (non-hydrogen) atoms. The van der Waals surface area contributed by atoms with Crippen LogP contribution in [0.1, 0.15) is 201 Å². The van der Waals surface area contributed by atoms with E-state index >= 15 is 0 Å². The summed E-state index contributed by atoms with van der Waals surface area (Å²) in [6.07, 6.45) is 13.1. The van der Waals surface area contributed by atoms with Crippen LogP contribution in [0.25, 0.3) is 0 Å². The summed E-state index contributed by atoms with van der Waals surface area (Å²) < 4.78 is 24.6. The van der Waals surface area contributed by atoms with Crippen molar-refractivity contribution in [1.82, 2.24) is 25.3 Å². The fraction of sp³-hybridized carbons (Fsp3) is 0.938. The fourth-order valence-electron chi connectivity index (χ4n) is 15.0. The summed E-state index contributed by atoms with van der Waals surface area (Å²) in [4.78, 5) is 55.0. The molecule has 2 saturated heterocycles. The molecule has 12 N–H and O–H groups in total. The Labute approximate surface area is 546 Å². The number of amides is 2. The Kier molecular flexibility index (Phi) is 29.2. The van der Waals surface area contributed by atoms with Crippen molar-refractivity contribution in [3.8, 4) is 0 Å². The molecule has 0 aromatic rings. The molecule has 2 amide bonds. The maximum absolute atomic E-state index is 13.2. The molecule has 0 radical (unpaired) electrons.